The van der Waals surface area contributed by atoms with Crippen molar-refractivity contribution in [3.05, 3.63) is 63.4 Å². The molecule has 0 unspecified atom stereocenters. The third-order valence-electron chi connectivity index (χ3n) is 3.79. The summed E-state index contributed by atoms with van der Waals surface area (Å²) in [5.74, 6) is 0.0553. The fourth-order valence-corrected chi connectivity index (χ4v) is 3.05. The highest BCUT2D eigenvalue weighted by molar-refractivity contribution is 9.10. The smallest absolute Gasteiger partial charge is 0.318 e. The highest BCUT2D eigenvalue weighted by atomic mass is 79.9. The SMILES string of the molecule is COc1cc(F)cc(CNC(=O)N2Cc3ccc(Br)cc3C2)c1. The van der Waals surface area contributed by atoms with Gasteiger partial charge in [0.25, 0.3) is 0 Å². The van der Waals surface area contributed by atoms with Gasteiger partial charge in [0.2, 0.25) is 0 Å². The first-order valence-electron chi connectivity index (χ1n) is 7.18. The number of ether oxygens (including phenoxy) is 1. The molecule has 0 spiro atoms. The summed E-state index contributed by atoms with van der Waals surface area (Å²) >= 11 is 3.44. The van der Waals surface area contributed by atoms with Crippen molar-refractivity contribution in [2.45, 2.75) is 19.6 Å². The van der Waals surface area contributed by atoms with Crippen LogP contribution in [0.5, 0.6) is 5.75 Å². The Labute approximate surface area is 142 Å². The molecule has 0 aliphatic carbocycles. The maximum atomic E-state index is 13.4. The molecule has 3 rings (SSSR count). The lowest BCUT2D eigenvalue weighted by Crippen LogP contribution is -2.36. The van der Waals surface area contributed by atoms with Gasteiger partial charge in [0.1, 0.15) is 11.6 Å². The van der Waals surface area contributed by atoms with E-state index in [1.54, 1.807) is 11.0 Å². The molecule has 0 aromatic heterocycles. The molecule has 23 heavy (non-hydrogen) atoms. The van der Waals surface area contributed by atoms with Gasteiger partial charge in [-0.1, -0.05) is 22.0 Å². The summed E-state index contributed by atoms with van der Waals surface area (Å²) < 4.78 is 19.5. The Kier molecular flexibility index (Phi) is 4.52. The fraction of sp³-hybridized carbons (Fsp3) is 0.235. The molecule has 4 nitrogen and oxygen atoms in total. The predicted octanol–water partition coefficient (Wildman–Crippen LogP) is 3.82. The van der Waals surface area contributed by atoms with E-state index in [-0.39, 0.29) is 18.4 Å². The number of amides is 2. The number of halogens is 2. The number of benzene rings is 2. The van der Waals surface area contributed by atoms with E-state index in [0.29, 0.717) is 24.4 Å². The Bertz CT molecular complexity index is 751. The van der Waals surface area contributed by atoms with Crippen LogP contribution in [0.1, 0.15) is 16.7 Å². The molecule has 0 saturated heterocycles. The minimum Gasteiger partial charge on any atom is -0.497 e. The Hall–Kier alpha value is -2.08. The summed E-state index contributed by atoms with van der Waals surface area (Å²) in [4.78, 5) is 14.0. The van der Waals surface area contributed by atoms with Crippen LogP contribution in [-0.4, -0.2) is 18.0 Å². The third-order valence-corrected chi connectivity index (χ3v) is 4.28. The zero-order valence-electron chi connectivity index (χ0n) is 12.6. The minimum absolute atomic E-state index is 0.166. The summed E-state index contributed by atoms with van der Waals surface area (Å²) in [6.07, 6.45) is 0. The van der Waals surface area contributed by atoms with E-state index < -0.39 is 0 Å². The molecule has 1 aliphatic heterocycles. The normalized spacial score (nSPS) is 12.9. The van der Waals surface area contributed by atoms with Crippen molar-refractivity contribution in [3.63, 3.8) is 0 Å². The molecule has 2 aromatic carbocycles. The van der Waals surface area contributed by atoms with Crippen molar-refractivity contribution in [1.29, 1.82) is 0 Å². The van der Waals surface area contributed by atoms with Crippen LogP contribution < -0.4 is 10.1 Å². The van der Waals surface area contributed by atoms with Crippen molar-refractivity contribution in [2.75, 3.05) is 7.11 Å². The molecule has 1 heterocycles. The number of urea groups is 1. The van der Waals surface area contributed by atoms with Gasteiger partial charge in [0.05, 0.1) is 7.11 Å². The van der Waals surface area contributed by atoms with E-state index in [1.165, 1.54) is 19.2 Å². The van der Waals surface area contributed by atoms with Crippen LogP contribution in [-0.2, 0) is 19.6 Å². The Morgan fingerprint density at radius 2 is 2.04 bits per heavy atom. The van der Waals surface area contributed by atoms with Crippen LogP contribution in [0.2, 0.25) is 0 Å². The van der Waals surface area contributed by atoms with E-state index in [0.717, 1.165) is 15.6 Å². The lowest BCUT2D eigenvalue weighted by atomic mass is 10.1. The number of hydrogen-bond acceptors (Lipinski definition) is 2. The first-order chi connectivity index (χ1) is 11.0. The highest BCUT2D eigenvalue weighted by Crippen LogP contribution is 2.26. The molecule has 0 atom stereocenters. The Morgan fingerprint density at radius 3 is 2.83 bits per heavy atom. The average Bonchev–Trinajstić information content (AvgIpc) is 2.95. The van der Waals surface area contributed by atoms with Crippen molar-refractivity contribution >= 4 is 22.0 Å². The fourth-order valence-electron chi connectivity index (χ4n) is 2.64. The molecular weight excluding hydrogens is 363 g/mol. The number of carbonyl (C=O) groups is 1. The molecule has 0 fully saturated rings. The molecule has 2 amide bonds. The van der Waals surface area contributed by atoms with Crippen LogP contribution in [0.4, 0.5) is 9.18 Å². The summed E-state index contributed by atoms with van der Waals surface area (Å²) in [6, 6.07) is 10.3. The second kappa shape index (κ2) is 6.58. The third kappa shape index (κ3) is 3.64. The Morgan fingerprint density at radius 1 is 1.26 bits per heavy atom. The van der Waals surface area contributed by atoms with Gasteiger partial charge in [-0.2, -0.15) is 0 Å². The lowest BCUT2D eigenvalue weighted by molar-refractivity contribution is 0.198. The van der Waals surface area contributed by atoms with Crippen molar-refractivity contribution in [3.8, 4) is 5.75 Å². The highest BCUT2D eigenvalue weighted by Gasteiger charge is 2.23. The van der Waals surface area contributed by atoms with E-state index in [4.69, 9.17) is 4.74 Å². The zero-order chi connectivity index (χ0) is 16.4. The molecule has 0 radical (unpaired) electrons. The predicted molar refractivity (Wildman–Crippen MR) is 88.6 cm³/mol. The molecule has 1 aliphatic rings. The number of carbonyl (C=O) groups excluding carboxylic acids is 1. The van der Waals surface area contributed by atoms with Crippen LogP contribution in [0.25, 0.3) is 0 Å². The minimum atomic E-state index is -0.382. The van der Waals surface area contributed by atoms with Gasteiger partial charge >= 0.3 is 6.03 Å². The summed E-state index contributed by atoms with van der Waals surface area (Å²) in [6.45, 7) is 1.41. The van der Waals surface area contributed by atoms with Gasteiger partial charge in [0.15, 0.2) is 0 Å². The number of methoxy groups -OCH3 is 1. The number of hydrogen-bond donors (Lipinski definition) is 1. The second-order valence-electron chi connectivity index (χ2n) is 5.43. The lowest BCUT2D eigenvalue weighted by Gasteiger charge is -2.16. The van der Waals surface area contributed by atoms with Gasteiger partial charge < -0.3 is 15.0 Å². The number of nitrogens with zero attached hydrogens (tertiary/aromatic N) is 1. The molecule has 0 saturated carbocycles. The molecule has 0 bridgehead atoms. The average molecular weight is 379 g/mol. The standard InChI is InChI=1S/C17H16BrFN2O2/c1-23-16-5-11(4-15(19)7-16)8-20-17(22)21-9-12-2-3-14(18)6-13(12)10-21/h2-7H,8-10H2,1H3,(H,20,22). The van der Waals surface area contributed by atoms with Gasteiger partial charge in [-0.15, -0.1) is 0 Å². The van der Waals surface area contributed by atoms with Crippen molar-refractivity contribution < 1.29 is 13.9 Å². The van der Waals surface area contributed by atoms with Gasteiger partial charge in [-0.3, -0.25) is 0 Å². The second-order valence-corrected chi connectivity index (χ2v) is 6.34. The quantitative estimate of drug-likeness (QED) is 0.881. The first kappa shape index (κ1) is 15.8. The monoisotopic (exact) mass is 378 g/mol. The van der Waals surface area contributed by atoms with E-state index in [9.17, 15) is 9.18 Å². The number of fused-ring (bicyclic) bond motifs is 1. The summed E-state index contributed by atoms with van der Waals surface area (Å²) in [5, 5.41) is 2.82. The van der Waals surface area contributed by atoms with Crippen LogP contribution in [0.15, 0.2) is 40.9 Å². The topological polar surface area (TPSA) is 41.6 Å². The maximum Gasteiger partial charge on any atom is 0.318 e. The van der Waals surface area contributed by atoms with Gasteiger partial charge in [-0.05, 0) is 41.0 Å². The molecule has 2 aromatic rings. The molecule has 1 N–H and O–H groups in total. The van der Waals surface area contributed by atoms with Crippen LogP contribution in [0, 0.1) is 5.82 Å². The Balaban J connectivity index is 1.62. The van der Waals surface area contributed by atoms with Crippen molar-refractivity contribution in [2.24, 2.45) is 0 Å². The van der Waals surface area contributed by atoms with E-state index in [1.807, 2.05) is 18.2 Å². The van der Waals surface area contributed by atoms with Gasteiger partial charge in [-0.25, -0.2) is 9.18 Å². The first-order valence-corrected chi connectivity index (χ1v) is 7.98. The number of nitrogens with one attached hydrogen (secondary N) is 1. The molecular formula is C17H16BrFN2O2. The zero-order valence-corrected chi connectivity index (χ0v) is 14.2. The number of rotatable bonds is 3. The summed E-state index contributed by atoms with van der Waals surface area (Å²) in [5.41, 5.74) is 2.95. The van der Waals surface area contributed by atoms with E-state index >= 15 is 0 Å². The largest absolute Gasteiger partial charge is 0.497 e. The van der Waals surface area contributed by atoms with Crippen LogP contribution >= 0.6 is 15.9 Å². The summed E-state index contributed by atoms with van der Waals surface area (Å²) in [7, 11) is 1.48. The van der Waals surface area contributed by atoms with Crippen molar-refractivity contribution in [1.82, 2.24) is 10.2 Å². The molecule has 6 heteroatoms. The maximum absolute atomic E-state index is 13.4. The van der Waals surface area contributed by atoms with Crippen LogP contribution in [0.3, 0.4) is 0 Å². The molecule has 120 valence electrons. The van der Waals surface area contributed by atoms with E-state index in [2.05, 4.69) is 21.2 Å². The van der Waals surface area contributed by atoms with Gasteiger partial charge in [0, 0.05) is 30.2 Å².